The third-order valence-corrected chi connectivity index (χ3v) is 3.97. The fraction of sp³-hybridized carbons (Fsp3) is 0.647. The molecule has 1 aliphatic carbocycles. The molecule has 0 bridgehead atoms. The van der Waals surface area contributed by atoms with Crippen molar-refractivity contribution in [2.45, 2.75) is 38.3 Å². The summed E-state index contributed by atoms with van der Waals surface area (Å²) >= 11 is 0. The van der Waals surface area contributed by atoms with Crippen LogP contribution in [-0.4, -0.2) is 42.8 Å². The van der Waals surface area contributed by atoms with Crippen molar-refractivity contribution < 1.29 is 5.11 Å². The van der Waals surface area contributed by atoms with E-state index in [1.807, 2.05) is 18.2 Å². The van der Waals surface area contributed by atoms with Gasteiger partial charge in [-0.2, -0.15) is 0 Å². The van der Waals surface area contributed by atoms with Gasteiger partial charge in [-0.3, -0.25) is 0 Å². The zero-order valence-corrected chi connectivity index (χ0v) is 13.0. The SMILES string of the molecule is CC(C)NC(CO)(CN(C)CC1CC1)c1ccccc1. The van der Waals surface area contributed by atoms with Crippen LogP contribution in [0.4, 0.5) is 0 Å². The normalized spacial score (nSPS) is 18.5. The van der Waals surface area contributed by atoms with Crippen LogP contribution in [0.15, 0.2) is 30.3 Å². The highest BCUT2D eigenvalue weighted by molar-refractivity contribution is 5.25. The van der Waals surface area contributed by atoms with Gasteiger partial charge in [0.25, 0.3) is 0 Å². The second kappa shape index (κ2) is 6.70. The number of likely N-dealkylation sites (N-methyl/N-ethyl adjacent to an activating group) is 1. The highest BCUT2D eigenvalue weighted by Gasteiger charge is 2.34. The summed E-state index contributed by atoms with van der Waals surface area (Å²) in [4.78, 5) is 2.36. The maximum absolute atomic E-state index is 10.1. The minimum absolute atomic E-state index is 0.115. The Balaban J connectivity index is 2.16. The van der Waals surface area contributed by atoms with E-state index in [-0.39, 0.29) is 12.1 Å². The number of hydrogen-bond donors (Lipinski definition) is 2. The third kappa shape index (κ3) is 4.05. The molecule has 3 nitrogen and oxygen atoms in total. The molecule has 0 radical (unpaired) electrons. The Hall–Kier alpha value is -0.900. The summed E-state index contributed by atoms with van der Waals surface area (Å²) in [6, 6.07) is 10.7. The van der Waals surface area contributed by atoms with Gasteiger partial charge in [0.15, 0.2) is 0 Å². The number of nitrogens with zero attached hydrogens (tertiary/aromatic N) is 1. The van der Waals surface area contributed by atoms with Crippen LogP contribution in [0.2, 0.25) is 0 Å². The summed E-state index contributed by atoms with van der Waals surface area (Å²) < 4.78 is 0. The molecule has 1 unspecified atom stereocenters. The number of aliphatic hydroxyl groups excluding tert-OH is 1. The summed E-state index contributed by atoms with van der Waals surface area (Å²) in [6.45, 7) is 6.35. The lowest BCUT2D eigenvalue weighted by Gasteiger charge is -2.39. The molecule has 0 heterocycles. The Morgan fingerprint density at radius 2 is 1.95 bits per heavy atom. The van der Waals surface area contributed by atoms with E-state index in [9.17, 15) is 5.11 Å². The summed E-state index contributed by atoms with van der Waals surface area (Å²) in [5.74, 6) is 0.867. The fourth-order valence-electron chi connectivity index (χ4n) is 2.98. The molecule has 2 rings (SSSR count). The molecule has 0 aliphatic heterocycles. The number of benzene rings is 1. The van der Waals surface area contributed by atoms with E-state index in [4.69, 9.17) is 0 Å². The standard InChI is InChI=1S/C17H28N2O/c1-14(2)18-17(13-20,16-7-5-4-6-8-16)12-19(3)11-15-9-10-15/h4-8,14-15,18,20H,9-13H2,1-3H3. The van der Waals surface area contributed by atoms with Crippen LogP contribution in [0.1, 0.15) is 32.3 Å². The molecule has 0 aromatic heterocycles. The minimum Gasteiger partial charge on any atom is -0.394 e. The predicted molar refractivity (Wildman–Crippen MR) is 83.7 cm³/mol. The van der Waals surface area contributed by atoms with Crippen LogP contribution in [0, 0.1) is 5.92 Å². The lowest BCUT2D eigenvalue weighted by atomic mass is 9.89. The van der Waals surface area contributed by atoms with E-state index in [0.717, 1.165) is 19.0 Å². The first-order valence-electron chi connectivity index (χ1n) is 7.68. The van der Waals surface area contributed by atoms with Gasteiger partial charge in [0.2, 0.25) is 0 Å². The van der Waals surface area contributed by atoms with Gasteiger partial charge in [0.1, 0.15) is 0 Å². The third-order valence-electron chi connectivity index (χ3n) is 3.97. The number of hydrogen-bond acceptors (Lipinski definition) is 3. The maximum Gasteiger partial charge on any atom is 0.0799 e. The molecular formula is C17H28N2O. The summed E-state index contributed by atoms with van der Waals surface area (Å²) in [6.07, 6.45) is 2.72. The van der Waals surface area contributed by atoms with Crippen molar-refractivity contribution in [1.29, 1.82) is 0 Å². The average Bonchev–Trinajstić information content (AvgIpc) is 3.22. The Kier molecular flexibility index (Phi) is 5.19. The van der Waals surface area contributed by atoms with E-state index in [1.165, 1.54) is 18.4 Å². The van der Waals surface area contributed by atoms with E-state index in [1.54, 1.807) is 0 Å². The van der Waals surface area contributed by atoms with Crippen molar-refractivity contribution in [3.8, 4) is 0 Å². The molecule has 1 aromatic carbocycles. The van der Waals surface area contributed by atoms with E-state index < -0.39 is 0 Å². The highest BCUT2D eigenvalue weighted by Crippen LogP contribution is 2.30. The van der Waals surface area contributed by atoms with E-state index in [0.29, 0.717) is 6.04 Å². The molecule has 1 aliphatic rings. The zero-order valence-electron chi connectivity index (χ0n) is 13.0. The van der Waals surface area contributed by atoms with Gasteiger partial charge in [-0.05, 0) is 45.2 Å². The van der Waals surface area contributed by atoms with Crippen molar-refractivity contribution in [1.82, 2.24) is 10.2 Å². The molecule has 0 spiro atoms. The summed E-state index contributed by atoms with van der Waals surface area (Å²) in [5, 5.41) is 13.7. The number of nitrogens with one attached hydrogen (secondary N) is 1. The van der Waals surface area contributed by atoms with Crippen molar-refractivity contribution in [3.05, 3.63) is 35.9 Å². The Labute approximate surface area is 123 Å². The van der Waals surface area contributed by atoms with Crippen LogP contribution >= 0.6 is 0 Å². The largest absolute Gasteiger partial charge is 0.394 e. The van der Waals surface area contributed by atoms with Gasteiger partial charge >= 0.3 is 0 Å². The van der Waals surface area contributed by atoms with Crippen LogP contribution in [-0.2, 0) is 5.54 Å². The fourth-order valence-corrected chi connectivity index (χ4v) is 2.98. The molecule has 20 heavy (non-hydrogen) atoms. The Bertz CT molecular complexity index is 403. The lowest BCUT2D eigenvalue weighted by molar-refractivity contribution is 0.108. The molecular weight excluding hydrogens is 248 g/mol. The minimum atomic E-state index is -0.376. The first-order valence-corrected chi connectivity index (χ1v) is 7.68. The first-order chi connectivity index (χ1) is 9.55. The Morgan fingerprint density at radius 1 is 1.30 bits per heavy atom. The topological polar surface area (TPSA) is 35.5 Å². The monoisotopic (exact) mass is 276 g/mol. The molecule has 1 saturated carbocycles. The second-order valence-electron chi connectivity index (χ2n) is 6.55. The van der Waals surface area contributed by atoms with Crippen LogP contribution in [0.25, 0.3) is 0 Å². The molecule has 3 heteroatoms. The quantitative estimate of drug-likeness (QED) is 0.764. The maximum atomic E-state index is 10.1. The Morgan fingerprint density at radius 3 is 2.45 bits per heavy atom. The van der Waals surface area contributed by atoms with Crippen molar-refractivity contribution >= 4 is 0 Å². The van der Waals surface area contributed by atoms with Crippen LogP contribution in [0.5, 0.6) is 0 Å². The van der Waals surface area contributed by atoms with E-state index >= 15 is 0 Å². The van der Waals surface area contributed by atoms with Crippen molar-refractivity contribution in [2.24, 2.45) is 5.92 Å². The van der Waals surface area contributed by atoms with Gasteiger partial charge in [-0.1, -0.05) is 30.3 Å². The highest BCUT2D eigenvalue weighted by atomic mass is 16.3. The van der Waals surface area contributed by atoms with Gasteiger partial charge in [0, 0.05) is 19.1 Å². The molecule has 1 atom stereocenters. The van der Waals surface area contributed by atoms with Gasteiger partial charge in [-0.25, -0.2) is 0 Å². The summed E-state index contributed by atoms with van der Waals surface area (Å²) in [5.41, 5.74) is 0.790. The second-order valence-corrected chi connectivity index (χ2v) is 6.55. The van der Waals surface area contributed by atoms with Crippen LogP contribution in [0.3, 0.4) is 0 Å². The molecule has 0 amide bonds. The van der Waals surface area contributed by atoms with Gasteiger partial charge < -0.3 is 15.3 Å². The number of aliphatic hydroxyl groups is 1. The van der Waals surface area contributed by atoms with Gasteiger partial charge in [0.05, 0.1) is 12.1 Å². The molecule has 1 fully saturated rings. The first kappa shape index (κ1) is 15.5. The molecule has 2 N–H and O–H groups in total. The predicted octanol–water partition coefficient (Wildman–Crippen LogP) is 2.21. The molecule has 1 aromatic rings. The zero-order chi connectivity index (χ0) is 14.6. The van der Waals surface area contributed by atoms with E-state index in [2.05, 4.69) is 43.2 Å². The molecule has 0 saturated heterocycles. The smallest absolute Gasteiger partial charge is 0.0799 e. The van der Waals surface area contributed by atoms with Gasteiger partial charge in [-0.15, -0.1) is 0 Å². The van der Waals surface area contributed by atoms with Crippen LogP contribution < -0.4 is 5.32 Å². The lowest BCUT2D eigenvalue weighted by Crippen LogP contribution is -2.55. The number of rotatable bonds is 8. The van der Waals surface area contributed by atoms with Crippen molar-refractivity contribution in [3.63, 3.8) is 0 Å². The van der Waals surface area contributed by atoms with Crippen molar-refractivity contribution in [2.75, 3.05) is 26.7 Å². The molecule has 112 valence electrons. The summed E-state index contributed by atoms with van der Waals surface area (Å²) in [7, 11) is 2.16. The average molecular weight is 276 g/mol.